The SMILES string of the molecule is Cc1ccc(S(=O)(=O)N(C)CC(=O)N[C@@H](C)c2ccc3c(c2)OCCO3)cc1. The van der Waals surface area contributed by atoms with Gasteiger partial charge < -0.3 is 14.8 Å². The number of sulfonamides is 1. The van der Waals surface area contributed by atoms with E-state index in [0.29, 0.717) is 24.7 Å². The van der Waals surface area contributed by atoms with Crippen molar-refractivity contribution in [2.24, 2.45) is 0 Å². The van der Waals surface area contributed by atoms with Gasteiger partial charge in [-0.05, 0) is 43.7 Å². The molecule has 1 heterocycles. The number of amides is 1. The fourth-order valence-corrected chi connectivity index (χ4v) is 4.00. The van der Waals surface area contributed by atoms with Gasteiger partial charge in [0.15, 0.2) is 11.5 Å². The lowest BCUT2D eigenvalue weighted by Crippen LogP contribution is -2.39. The molecule has 1 amide bonds. The summed E-state index contributed by atoms with van der Waals surface area (Å²) < 4.78 is 37.3. The van der Waals surface area contributed by atoms with Crippen LogP contribution in [0.5, 0.6) is 11.5 Å². The molecule has 0 unspecified atom stereocenters. The minimum atomic E-state index is -3.73. The molecule has 2 aromatic carbocycles. The van der Waals surface area contributed by atoms with Gasteiger partial charge in [0, 0.05) is 7.05 Å². The van der Waals surface area contributed by atoms with Crippen molar-refractivity contribution < 1.29 is 22.7 Å². The van der Waals surface area contributed by atoms with E-state index < -0.39 is 10.0 Å². The summed E-state index contributed by atoms with van der Waals surface area (Å²) in [4.78, 5) is 12.5. The molecule has 2 aromatic rings. The number of hydrogen-bond donors (Lipinski definition) is 1. The van der Waals surface area contributed by atoms with E-state index in [2.05, 4.69) is 5.32 Å². The average molecular weight is 404 g/mol. The lowest BCUT2D eigenvalue weighted by molar-refractivity contribution is -0.121. The lowest BCUT2D eigenvalue weighted by Gasteiger charge is -2.22. The van der Waals surface area contributed by atoms with Crippen molar-refractivity contribution in [1.29, 1.82) is 0 Å². The molecule has 1 aliphatic heterocycles. The Balaban J connectivity index is 1.63. The van der Waals surface area contributed by atoms with Crippen molar-refractivity contribution in [2.45, 2.75) is 24.8 Å². The van der Waals surface area contributed by atoms with E-state index in [1.807, 2.05) is 26.0 Å². The predicted molar refractivity (Wildman–Crippen MR) is 105 cm³/mol. The van der Waals surface area contributed by atoms with Gasteiger partial charge in [-0.15, -0.1) is 0 Å². The molecule has 3 rings (SSSR count). The van der Waals surface area contributed by atoms with E-state index in [0.717, 1.165) is 15.4 Å². The number of carbonyl (C=O) groups excluding carboxylic acids is 1. The third kappa shape index (κ3) is 4.45. The van der Waals surface area contributed by atoms with E-state index in [1.165, 1.54) is 19.2 Å². The van der Waals surface area contributed by atoms with Gasteiger partial charge in [0.1, 0.15) is 13.2 Å². The molecule has 0 aromatic heterocycles. The number of nitrogens with zero attached hydrogens (tertiary/aromatic N) is 1. The highest BCUT2D eigenvalue weighted by Gasteiger charge is 2.24. The summed E-state index contributed by atoms with van der Waals surface area (Å²) in [6, 6.07) is 11.7. The van der Waals surface area contributed by atoms with Gasteiger partial charge in [-0.1, -0.05) is 23.8 Å². The molecule has 1 aliphatic rings. The van der Waals surface area contributed by atoms with Crippen LogP contribution in [0, 0.1) is 6.92 Å². The van der Waals surface area contributed by atoms with Gasteiger partial charge >= 0.3 is 0 Å². The van der Waals surface area contributed by atoms with Crippen molar-refractivity contribution in [3.63, 3.8) is 0 Å². The lowest BCUT2D eigenvalue weighted by atomic mass is 10.1. The monoisotopic (exact) mass is 404 g/mol. The number of nitrogens with one attached hydrogen (secondary N) is 1. The van der Waals surface area contributed by atoms with Crippen LogP contribution in [0.25, 0.3) is 0 Å². The number of likely N-dealkylation sites (N-methyl/N-ethyl adjacent to an activating group) is 1. The first-order valence-corrected chi connectivity index (χ1v) is 10.4. The van der Waals surface area contributed by atoms with Crippen LogP contribution in [0.15, 0.2) is 47.4 Å². The van der Waals surface area contributed by atoms with Crippen LogP contribution in [0.4, 0.5) is 0 Å². The maximum atomic E-state index is 12.6. The molecule has 0 fully saturated rings. The first-order chi connectivity index (χ1) is 13.3. The maximum Gasteiger partial charge on any atom is 0.243 e. The Hall–Kier alpha value is -2.58. The number of ether oxygens (including phenoxy) is 2. The molecule has 150 valence electrons. The first-order valence-electron chi connectivity index (χ1n) is 8.99. The summed E-state index contributed by atoms with van der Waals surface area (Å²) in [6.45, 7) is 4.44. The topological polar surface area (TPSA) is 84.9 Å². The predicted octanol–water partition coefficient (Wildman–Crippen LogP) is 2.26. The summed E-state index contributed by atoms with van der Waals surface area (Å²) in [5.41, 5.74) is 1.81. The van der Waals surface area contributed by atoms with Crippen LogP contribution in [0.3, 0.4) is 0 Å². The zero-order valence-electron chi connectivity index (χ0n) is 16.1. The Morgan fingerprint density at radius 2 is 1.75 bits per heavy atom. The van der Waals surface area contributed by atoms with E-state index in [9.17, 15) is 13.2 Å². The number of hydrogen-bond acceptors (Lipinski definition) is 5. The molecule has 7 nitrogen and oxygen atoms in total. The van der Waals surface area contributed by atoms with Gasteiger partial charge in [0.05, 0.1) is 17.5 Å². The fraction of sp³-hybridized carbons (Fsp3) is 0.350. The van der Waals surface area contributed by atoms with E-state index in [4.69, 9.17) is 9.47 Å². The van der Waals surface area contributed by atoms with Crippen LogP contribution in [0.1, 0.15) is 24.1 Å². The summed E-state index contributed by atoms with van der Waals surface area (Å²) in [7, 11) is -2.33. The van der Waals surface area contributed by atoms with Crippen molar-refractivity contribution in [3.05, 3.63) is 53.6 Å². The number of aryl methyl sites for hydroxylation is 1. The molecule has 8 heteroatoms. The van der Waals surface area contributed by atoms with Gasteiger partial charge in [-0.2, -0.15) is 4.31 Å². The molecular weight excluding hydrogens is 380 g/mol. The molecule has 0 radical (unpaired) electrons. The largest absolute Gasteiger partial charge is 0.486 e. The highest BCUT2D eigenvalue weighted by Crippen LogP contribution is 2.32. The smallest absolute Gasteiger partial charge is 0.243 e. The summed E-state index contributed by atoms with van der Waals surface area (Å²) in [5.74, 6) is 0.932. The average Bonchev–Trinajstić information content (AvgIpc) is 2.67. The highest BCUT2D eigenvalue weighted by molar-refractivity contribution is 7.89. The van der Waals surface area contributed by atoms with Gasteiger partial charge in [0.2, 0.25) is 15.9 Å². The van der Waals surface area contributed by atoms with Crippen LogP contribution in [-0.2, 0) is 14.8 Å². The van der Waals surface area contributed by atoms with Crippen LogP contribution in [0.2, 0.25) is 0 Å². The third-order valence-electron chi connectivity index (χ3n) is 4.54. The zero-order chi connectivity index (χ0) is 20.3. The van der Waals surface area contributed by atoms with Gasteiger partial charge in [-0.3, -0.25) is 4.79 Å². The second kappa shape index (κ2) is 8.20. The van der Waals surface area contributed by atoms with E-state index >= 15 is 0 Å². The number of benzene rings is 2. The van der Waals surface area contributed by atoms with Crippen molar-refractivity contribution in [3.8, 4) is 11.5 Å². The zero-order valence-corrected chi connectivity index (χ0v) is 17.0. The quantitative estimate of drug-likeness (QED) is 0.798. The molecule has 0 aliphatic carbocycles. The molecule has 1 atom stereocenters. The standard InChI is InChI=1S/C20H24N2O5S/c1-14-4-7-17(8-5-14)28(24,25)22(3)13-20(23)21-15(2)16-6-9-18-19(12-16)27-11-10-26-18/h4-9,12,15H,10-11,13H2,1-3H3,(H,21,23)/t15-/m0/s1. The Kier molecular flexibility index (Phi) is 5.90. The van der Waals surface area contributed by atoms with Crippen molar-refractivity contribution >= 4 is 15.9 Å². The van der Waals surface area contributed by atoms with E-state index in [-0.39, 0.29) is 23.4 Å². The summed E-state index contributed by atoms with van der Waals surface area (Å²) in [5, 5.41) is 2.83. The third-order valence-corrected chi connectivity index (χ3v) is 6.36. The normalized spacial score (nSPS) is 14.6. The Morgan fingerprint density at radius 1 is 1.11 bits per heavy atom. The summed E-state index contributed by atoms with van der Waals surface area (Å²) in [6.07, 6.45) is 0. The van der Waals surface area contributed by atoms with Gasteiger partial charge in [0.25, 0.3) is 0 Å². The Bertz CT molecular complexity index is 957. The minimum Gasteiger partial charge on any atom is -0.486 e. The Morgan fingerprint density at radius 3 is 2.43 bits per heavy atom. The maximum absolute atomic E-state index is 12.6. The number of fused-ring (bicyclic) bond motifs is 1. The fourth-order valence-electron chi connectivity index (χ4n) is 2.88. The first kappa shape index (κ1) is 20.2. The molecule has 0 spiro atoms. The molecule has 28 heavy (non-hydrogen) atoms. The molecule has 0 bridgehead atoms. The van der Waals surface area contributed by atoms with E-state index in [1.54, 1.807) is 18.2 Å². The number of carbonyl (C=O) groups is 1. The summed E-state index contributed by atoms with van der Waals surface area (Å²) >= 11 is 0. The second-order valence-corrected chi connectivity index (χ2v) is 8.81. The van der Waals surface area contributed by atoms with Crippen LogP contribution < -0.4 is 14.8 Å². The van der Waals surface area contributed by atoms with Crippen LogP contribution in [-0.4, -0.2) is 45.4 Å². The molecule has 0 saturated carbocycles. The van der Waals surface area contributed by atoms with Crippen molar-refractivity contribution in [2.75, 3.05) is 26.8 Å². The minimum absolute atomic E-state index is 0.160. The van der Waals surface area contributed by atoms with Crippen LogP contribution >= 0.6 is 0 Å². The number of rotatable bonds is 6. The van der Waals surface area contributed by atoms with Crippen molar-refractivity contribution in [1.82, 2.24) is 9.62 Å². The highest BCUT2D eigenvalue weighted by atomic mass is 32.2. The molecule has 0 saturated heterocycles. The Labute approximate surface area is 165 Å². The molecular formula is C20H24N2O5S. The molecule has 1 N–H and O–H groups in total. The van der Waals surface area contributed by atoms with Gasteiger partial charge in [-0.25, -0.2) is 8.42 Å². The second-order valence-electron chi connectivity index (χ2n) is 6.77.